The van der Waals surface area contributed by atoms with Gasteiger partial charge < -0.3 is 16.1 Å². The third-order valence-electron chi connectivity index (χ3n) is 2.45. The summed E-state index contributed by atoms with van der Waals surface area (Å²) in [6.07, 6.45) is 2.29. The number of nitrogens with two attached hydrogens (primary N) is 1. The number of carbonyl (C=O) groups excluding carboxylic acids is 2. The Balaban J connectivity index is 2.55. The van der Waals surface area contributed by atoms with Crippen LogP contribution in [0.5, 0.6) is 0 Å². The minimum Gasteiger partial charge on any atom is -0.354 e. The maximum atomic E-state index is 11.8. The summed E-state index contributed by atoms with van der Waals surface area (Å²) in [4.78, 5) is 27.4. The predicted molar refractivity (Wildman–Crippen MR) is 72.3 cm³/mol. The maximum absolute atomic E-state index is 11.8. The number of nitrogens with zero attached hydrogens (tertiary/aromatic N) is 1. The Morgan fingerprint density at radius 1 is 1.42 bits per heavy atom. The molecule has 1 atom stereocenters. The van der Waals surface area contributed by atoms with E-state index in [-0.39, 0.29) is 11.6 Å². The number of hydrogen-bond acceptors (Lipinski definition) is 5. The van der Waals surface area contributed by atoms with Crippen LogP contribution in [-0.2, 0) is 4.79 Å². The van der Waals surface area contributed by atoms with Crippen molar-refractivity contribution in [3.05, 3.63) is 24.0 Å². The van der Waals surface area contributed by atoms with Crippen LogP contribution in [0.4, 0.5) is 5.69 Å². The van der Waals surface area contributed by atoms with Crippen molar-refractivity contribution in [1.29, 1.82) is 0 Å². The highest BCUT2D eigenvalue weighted by Crippen LogP contribution is 2.04. The van der Waals surface area contributed by atoms with Crippen molar-refractivity contribution in [2.75, 3.05) is 12.0 Å². The normalized spacial score (nSPS) is 11.5. The van der Waals surface area contributed by atoms with E-state index in [2.05, 4.69) is 21.0 Å². The Bertz CT molecular complexity index is 432. The zero-order chi connectivity index (χ0) is 14.3. The predicted octanol–water partition coefficient (Wildman–Crippen LogP) is 0.0117. The molecule has 0 saturated heterocycles. The standard InChI is InChI=1S/C12H19N5O2/c1-3-6-14-11(18)8(2)16-12(19)10-5-4-9(17-13)7-15-10/h4-5,7-8,17H,3,6,13H2,1-2H3,(H,14,18)(H,16,19). The van der Waals surface area contributed by atoms with Crippen LogP contribution in [0.25, 0.3) is 0 Å². The molecule has 0 spiro atoms. The molecule has 0 fully saturated rings. The van der Waals surface area contributed by atoms with Crippen LogP contribution in [0.1, 0.15) is 30.8 Å². The average Bonchev–Trinajstić information content (AvgIpc) is 2.44. The quantitative estimate of drug-likeness (QED) is 0.428. The topological polar surface area (TPSA) is 109 Å². The van der Waals surface area contributed by atoms with Crippen LogP contribution in [0.2, 0.25) is 0 Å². The van der Waals surface area contributed by atoms with Gasteiger partial charge in [-0.2, -0.15) is 0 Å². The number of amides is 2. The summed E-state index contributed by atoms with van der Waals surface area (Å²) in [5.74, 6) is 4.59. The number of anilines is 1. The molecule has 0 saturated carbocycles. The number of pyridine rings is 1. The van der Waals surface area contributed by atoms with Gasteiger partial charge in [-0.25, -0.2) is 4.98 Å². The van der Waals surface area contributed by atoms with Crippen molar-refractivity contribution >= 4 is 17.5 Å². The summed E-state index contributed by atoms with van der Waals surface area (Å²) in [5.41, 5.74) is 3.25. The molecule has 1 unspecified atom stereocenters. The van der Waals surface area contributed by atoms with Gasteiger partial charge in [-0.3, -0.25) is 15.4 Å². The van der Waals surface area contributed by atoms with E-state index in [9.17, 15) is 9.59 Å². The molecule has 0 aliphatic heterocycles. The molecule has 1 aromatic rings. The summed E-state index contributed by atoms with van der Waals surface area (Å²) in [7, 11) is 0. The van der Waals surface area contributed by atoms with Crippen LogP contribution < -0.4 is 21.9 Å². The van der Waals surface area contributed by atoms with Gasteiger partial charge in [0.05, 0.1) is 11.9 Å². The van der Waals surface area contributed by atoms with Crippen LogP contribution in [-0.4, -0.2) is 29.4 Å². The molecule has 7 nitrogen and oxygen atoms in total. The molecule has 0 aliphatic carbocycles. The molecule has 1 aromatic heterocycles. The van der Waals surface area contributed by atoms with E-state index >= 15 is 0 Å². The monoisotopic (exact) mass is 265 g/mol. The summed E-state index contributed by atoms with van der Waals surface area (Å²) < 4.78 is 0. The zero-order valence-corrected chi connectivity index (χ0v) is 11.1. The van der Waals surface area contributed by atoms with E-state index in [1.165, 1.54) is 12.3 Å². The minimum absolute atomic E-state index is 0.213. The summed E-state index contributed by atoms with van der Waals surface area (Å²) in [6.45, 7) is 4.17. The van der Waals surface area contributed by atoms with Gasteiger partial charge in [0.2, 0.25) is 5.91 Å². The minimum atomic E-state index is -0.604. The van der Waals surface area contributed by atoms with Crippen LogP contribution in [0.3, 0.4) is 0 Å². The van der Waals surface area contributed by atoms with Gasteiger partial charge in [0, 0.05) is 6.54 Å². The van der Waals surface area contributed by atoms with Crippen molar-refractivity contribution in [2.45, 2.75) is 26.3 Å². The van der Waals surface area contributed by atoms with E-state index in [0.29, 0.717) is 12.2 Å². The number of rotatable bonds is 6. The number of hydrogen-bond donors (Lipinski definition) is 4. The SMILES string of the molecule is CCCNC(=O)C(C)NC(=O)c1ccc(NN)cn1. The van der Waals surface area contributed by atoms with Gasteiger partial charge in [-0.1, -0.05) is 6.92 Å². The Labute approximate surface area is 111 Å². The van der Waals surface area contributed by atoms with Crippen molar-refractivity contribution in [2.24, 2.45) is 5.84 Å². The fourth-order valence-corrected chi connectivity index (χ4v) is 1.35. The largest absolute Gasteiger partial charge is 0.354 e. The number of aromatic nitrogens is 1. The fourth-order valence-electron chi connectivity index (χ4n) is 1.35. The van der Waals surface area contributed by atoms with Crippen molar-refractivity contribution in [3.63, 3.8) is 0 Å². The highest BCUT2D eigenvalue weighted by molar-refractivity contribution is 5.96. The molecule has 5 N–H and O–H groups in total. The van der Waals surface area contributed by atoms with Gasteiger partial charge in [-0.15, -0.1) is 0 Å². The van der Waals surface area contributed by atoms with Crippen molar-refractivity contribution < 1.29 is 9.59 Å². The second-order valence-corrected chi connectivity index (χ2v) is 4.06. The third kappa shape index (κ3) is 4.55. The smallest absolute Gasteiger partial charge is 0.270 e. The van der Waals surface area contributed by atoms with Crippen LogP contribution >= 0.6 is 0 Å². The lowest BCUT2D eigenvalue weighted by molar-refractivity contribution is -0.122. The molecule has 1 heterocycles. The molecule has 0 aliphatic rings. The van der Waals surface area contributed by atoms with Gasteiger partial charge >= 0.3 is 0 Å². The van der Waals surface area contributed by atoms with E-state index in [1.54, 1.807) is 13.0 Å². The first-order valence-electron chi connectivity index (χ1n) is 6.09. The molecule has 7 heteroatoms. The highest BCUT2D eigenvalue weighted by atomic mass is 16.2. The molecule has 2 amide bonds. The Kier molecular flexibility index (Phi) is 5.74. The summed E-state index contributed by atoms with van der Waals surface area (Å²) >= 11 is 0. The van der Waals surface area contributed by atoms with Gasteiger partial charge in [0.25, 0.3) is 5.91 Å². The molecule has 0 bridgehead atoms. The number of hydrazine groups is 1. The first-order chi connectivity index (χ1) is 9.08. The van der Waals surface area contributed by atoms with E-state index < -0.39 is 11.9 Å². The van der Waals surface area contributed by atoms with Gasteiger partial charge in [-0.05, 0) is 25.5 Å². The molecular formula is C12H19N5O2. The van der Waals surface area contributed by atoms with Crippen LogP contribution in [0, 0.1) is 0 Å². The lowest BCUT2D eigenvalue weighted by Gasteiger charge is -2.13. The Morgan fingerprint density at radius 2 is 2.16 bits per heavy atom. The second-order valence-electron chi connectivity index (χ2n) is 4.06. The van der Waals surface area contributed by atoms with Crippen molar-refractivity contribution in [1.82, 2.24) is 15.6 Å². The van der Waals surface area contributed by atoms with E-state index in [4.69, 9.17) is 5.84 Å². The lowest BCUT2D eigenvalue weighted by atomic mass is 10.2. The number of nitrogen functional groups attached to an aromatic ring is 1. The Morgan fingerprint density at radius 3 is 2.68 bits per heavy atom. The van der Waals surface area contributed by atoms with E-state index in [0.717, 1.165) is 6.42 Å². The van der Waals surface area contributed by atoms with Gasteiger partial charge in [0.15, 0.2) is 0 Å². The highest BCUT2D eigenvalue weighted by Gasteiger charge is 2.16. The molecular weight excluding hydrogens is 246 g/mol. The van der Waals surface area contributed by atoms with Gasteiger partial charge in [0.1, 0.15) is 11.7 Å². The average molecular weight is 265 g/mol. The zero-order valence-electron chi connectivity index (χ0n) is 11.1. The first-order valence-corrected chi connectivity index (χ1v) is 6.09. The summed E-state index contributed by atoms with van der Waals surface area (Å²) in [5, 5.41) is 5.28. The molecule has 0 radical (unpaired) electrons. The lowest BCUT2D eigenvalue weighted by Crippen LogP contribution is -2.45. The number of nitrogens with one attached hydrogen (secondary N) is 3. The molecule has 19 heavy (non-hydrogen) atoms. The molecule has 1 rings (SSSR count). The third-order valence-corrected chi connectivity index (χ3v) is 2.45. The molecule has 0 aromatic carbocycles. The Hall–Kier alpha value is -2.15. The summed E-state index contributed by atoms with van der Waals surface area (Å²) in [6, 6.07) is 2.55. The number of carbonyl (C=O) groups is 2. The van der Waals surface area contributed by atoms with Crippen LogP contribution in [0.15, 0.2) is 18.3 Å². The van der Waals surface area contributed by atoms with Crippen molar-refractivity contribution in [3.8, 4) is 0 Å². The first kappa shape index (κ1) is 14.9. The van der Waals surface area contributed by atoms with E-state index in [1.807, 2.05) is 6.92 Å². The fraction of sp³-hybridized carbons (Fsp3) is 0.417. The maximum Gasteiger partial charge on any atom is 0.270 e. The molecule has 104 valence electrons. The second kappa shape index (κ2) is 7.32.